The van der Waals surface area contributed by atoms with E-state index in [-0.39, 0.29) is 27.4 Å². The molecule has 5 rings (SSSR count). The van der Waals surface area contributed by atoms with Crippen LogP contribution in [0.15, 0.2) is 78.0 Å². The summed E-state index contributed by atoms with van der Waals surface area (Å²) in [6.07, 6.45) is 2.84. The number of halogens is 2. The van der Waals surface area contributed by atoms with E-state index in [1.54, 1.807) is 24.3 Å². The van der Waals surface area contributed by atoms with Crippen LogP contribution in [0, 0.1) is 11.6 Å². The third kappa shape index (κ3) is 4.29. The van der Waals surface area contributed by atoms with Crippen molar-refractivity contribution in [1.82, 2.24) is 15.0 Å². The van der Waals surface area contributed by atoms with Crippen molar-refractivity contribution in [3.05, 3.63) is 95.9 Å². The lowest BCUT2D eigenvalue weighted by atomic mass is 10.1. The molecule has 3 N–H and O–H groups in total. The number of nitrogens with one attached hydrogen (secondary N) is 2. The second kappa shape index (κ2) is 8.64. The van der Waals surface area contributed by atoms with Gasteiger partial charge in [-0.1, -0.05) is 30.3 Å². The summed E-state index contributed by atoms with van der Waals surface area (Å²) in [5, 5.41) is 10.9. The Bertz CT molecular complexity index is 1650. The van der Waals surface area contributed by atoms with E-state index >= 15 is 0 Å². The zero-order chi connectivity index (χ0) is 24.7. The Balaban J connectivity index is 1.53. The van der Waals surface area contributed by atoms with Gasteiger partial charge in [-0.25, -0.2) is 22.2 Å². The molecule has 1 atom stereocenters. The number of imidazole rings is 1. The van der Waals surface area contributed by atoms with Crippen LogP contribution in [0.3, 0.4) is 0 Å². The molecule has 178 valence electrons. The van der Waals surface area contributed by atoms with Crippen LogP contribution in [0.5, 0.6) is 11.5 Å². The van der Waals surface area contributed by atoms with Crippen molar-refractivity contribution in [1.29, 1.82) is 0 Å². The highest BCUT2D eigenvalue weighted by atomic mass is 32.2. The van der Waals surface area contributed by atoms with Crippen molar-refractivity contribution in [2.24, 2.45) is 0 Å². The van der Waals surface area contributed by atoms with Crippen LogP contribution in [0.1, 0.15) is 17.4 Å². The van der Waals surface area contributed by atoms with E-state index in [0.717, 1.165) is 18.4 Å². The molecule has 1 unspecified atom stereocenters. The number of H-pyrrole nitrogens is 2. The summed E-state index contributed by atoms with van der Waals surface area (Å²) >= 11 is 0. The number of aliphatic hydroxyl groups is 1. The van der Waals surface area contributed by atoms with Crippen LogP contribution in [0.25, 0.3) is 22.3 Å². The SMILES string of the molecule is CS(=O)(=O)c1c(Oc2ccc(F)c(-c3ncc(C(O)c4ccccc4)[nH]3)c2)c(F)cc2[nH]ccc12. The molecule has 0 aliphatic heterocycles. The first-order chi connectivity index (χ1) is 16.7. The lowest BCUT2D eigenvalue weighted by Crippen LogP contribution is -2.03. The Morgan fingerprint density at radius 3 is 2.54 bits per heavy atom. The number of benzene rings is 3. The Morgan fingerprint density at radius 2 is 1.80 bits per heavy atom. The molecule has 0 radical (unpaired) electrons. The van der Waals surface area contributed by atoms with Crippen LogP contribution >= 0.6 is 0 Å². The van der Waals surface area contributed by atoms with E-state index in [1.165, 1.54) is 30.6 Å². The number of aromatic nitrogens is 3. The molecule has 0 bridgehead atoms. The topological polar surface area (TPSA) is 108 Å². The molecule has 7 nitrogen and oxygen atoms in total. The number of nitrogens with zero attached hydrogens (tertiary/aromatic N) is 1. The van der Waals surface area contributed by atoms with Crippen molar-refractivity contribution in [2.45, 2.75) is 11.0 Å². The first-order valence-corrected chi connectivity index (χ1v) is 12.4. The highest BCUT2D eigenvalue weighted by Crippen LogP contribution is 2.38. The number of fused-ring (bicyclic) bond motifs is 1. The van der Waals surface area contributed by atoms with Gasteiger partial charge in [-0.05, 0) is 29.8 Å². The molecule has 10 heteroatoms. The second-order valence-electron chi connectivity index (χ2n) is 7.97. The number of hydrogen-bond donors (Lipinski definition) is 3. The number of aromatic amines is 2. The molecule has 3 aromatic carbocycles. The molecule has 35 heavy (non-hydrogen) atoms. The van der Waals surface area contributed by atoms with E-state index in [9.17, 15) is 22.3 Å². The number of sulfone groups is 1. The maximum atomic E-state index is 14.9. The van der Waals surface area contributed by atoms with E-state index in [4.69, 9.17) is 4.74 Å². The fourth-order valence-electron chi connectivity index (χ4n) is 3.88. The van der Waals surface area contributed by atoms with E-state index in [1.807, 2.05) is 6.07 Å². The minimum absolute atomic E-state index is 0.00152. The van der Waals surface area contributed by atoms with Gasteiger partial charge in [0, 0.05) is 29.4 Å². The van der Waals surface area contributed by atoms with Gasteiger partial charge >= 0.3 is 0 Å². The van der Waals surface area contributed by atoms with Gasteiger partial charge in [0.15, 0.2) is 21.4 Å². The zero-order valence-electron chi connectivity index (χ0n) is 18.3. The summed E-state index contributed by atoms with van der Waals surface area (Å²) in [4.78, 5) is 9.53. The highest BCUT2D eigenvalue weighted by molar-refractivity contribution is 7.91. The number of hydrogen-bond acceptors (Lipinski definition) is 5. The average Bonchev–Trinajstić information content (AvgIpc) is 3.49. The standard InChI is InChI=1S/C25H19F2N3O4S/c1-35(32,33)24-16-9-10-28-20(16)12-19(27)23(24)34-15-7-8-18(26)17(11-15)25-29-13-21(30-25)22(31)14-5-3-2-4-6-14/h2-13,22,28,31H,1H3,(H,29,30). The third-order valence-electron chi connectivity index (χ3n) is 5.51. The van der Waals surface area contributed by atoms with Gasteiger partial charge in [0.25, 0.3) is 0 Å². The molecule has 0 aliphatic rings. The van der Waals surface area contributed by atoms with Gasteiger partial charge in [-0.3, -0.25) is 0 Å². The monoisotopic (exact) mass is 495 g/mol. The van der Waals surface area contributed by atoms with Gasteiger partial charge < -0.3 is 19.8 Å². The molecule has 0 fully saturated rings. The molecule has 0 amide bonds. The lowest BCUT2D eigenvalue weighted by molar-refractivity contribution is 0.216. The summed E-state index contributed by atoms with van der Waals surface area (Å²) in [5.74, 6) is -1.91. The zero-order valence-corrected chi connectivity index (χ0v) is 19.1. The largest absolute Gasteiger partial charge is 0.453 e. The Kier molecular flexibility index (Phi) is 5.62. The molecule has 0 aliphatic carbocycles. The molecule has 2 aromatic heterocycles. The summed E-state index contributed by atoms with van der Waals surface area (Å²) in [6, 6.07) is 15.2. The third-order valence-corrected chi connectivity index (χ3v) is 6.65. The van der Waals surface area contributed by atoms with Crippen molar-refractivity contribution < 1.29 is 27.0 Å². The summed E-state index contributed by atoms with van der Waals surface area (Å²) in [6.45, 7) is 0. The quantitative estimate of drug-likeness (QED) is 0.303. The lowest BCUT2D eigenvalue weighted by Gasteiger charge is -2.13. The van der Waals surface area contributed by atoms with Gasteiger partial charge in [0.2, 0.25) is 0 Å². The Hall–Kier alpha value is -4.02. The highest BCUT2D eigenvalue weighted by Gasteiger charge is 2.25. The van der Waals surface area contributed by atoms with Crippen LogP contribution in [0.4, 0.5) is 8.78 Å². The molecule has 0 spiro atoms. The molecular weight excluding hydrogens is 476 g/mol. The van der Waals surface area contributed by atoms with Gasteiger partial charge in [-0.15, -0.1) is 0 Å². The summed E-state index contributed by atoms with van der Waals surface area (Å²) < 4.78 is 60.2. The van der Waals surface area contributed by atoms with Crippen molar-refractivity contribution >= 4 is 20.7 Å². The summed E-state index contributed by atoms with van der Waals surface area (Å²) in [7, 11) is -3.88. The van der Waals surface area contributed by atoms with E-state index in [0.29, 0.717) is 16.8 Å². The number of ether oxygens (including phenoxy) is 1. The van der Waals surface area contributed by atoms with Crippen LogP contribution in [-0.4, -0.2) is 34.7 Å². The van der Waals surface area contributed by atoms with Gasteiger partial charge in [0.1, 0.15) is 28.4 Å². The predicted molar refractivity (Wildman–Crippen MR) is 126 cm³/mol. The second-order valence-corrected chi connectivity index (χ2v) is 9.92. The Labute approximate surface area is 199 Å². The molecule has 2 heterocycles. The number of aliphatic hydroxyl groups excluding tert-OH is 1. The normalized spacial score (nSPS) is 12.7. The van der Waals surface area contributed by atoms with Gasteiger partial charge in [-0.2, -0.15) is 0 Å². The minimum Gasteiger partial charge on any atom is -0.453 e. The van der Waals surface area contributed by atoms with E-state index in [2.05, 4.69) is 15.0 Å². The van der Waals surface area contributed by atoms with Crippen molar-refractivity contribution in [2.75, 3.05) is 6.26 Å². The Morgan fingerprint density at radius 1 is 1.03 bits per heavy atom. The van der Waals surface area contributed by atoms with E-state index < -0.39 is 33.3 Å². The fourth-order valence-corrected chi connectivity index (χ4v) is 4.93. The minimum atomic E-state index is -3.88. The average molecular weight is 496 g/mol. The molecule has 5 aromatic rings. The first kappa shape index (κ1) is 22.8. The van der Waals surface area contributed by atoms with Gasteiger partial charge in [0.05, 0.1) is 17.5 Å². The smallest absolute Gasteiger partial charge is 0.182 e. The van der Waals surface area contributed by atoms with Crippen LogP contribution < -0.4 is 4.74 Å². The molecular formula is C25H19F2N3O4S. The maximum absolute atomic E-state index is 14.9. The molecule has 0 saturated carbocycles. The van der Waals surface area contributed by atoms with Crippen LogP contribution in [0.2, 0.25) is 0 Å². The molecule has 0 saturated heterocycles. The maximum Gasteiger partial charge on any atom is 0.182 e. The van der Waals surface area contributed by atoms with Crippen molar-refractivity contribution in [3.63, 3.8) is 0 Å². The predicted octanol–water partition coefficient (Wildman–Crippen LogP) is 5.11. The van der Waals surface area contributed by atoms with Crippen molar-refractivity contribution in [3.8, 4) is 22.9 Å². The summed E-state index contributed by atoms with van der Waals surface area (Å²) in [5.41, 5.74) is 1.28. The fraction of sp³-hybridized carbons (Fsp3) is 0.0800. The number of rotatable bonds is 6. The van der Waals surface area contributed by atoms with Crippen LogP contribution in [-0.2, 0) is 9.84 Å². The first-order valence-electron chi connectivity index (χ1n) is 10.5.